The molecule has 2 rings (SSSR count). The predicted molar refractivity (Wildman–Crippen MR) is 76.4 cm³/mol. The lowest BCUT2D eigenvalue weighted by Crippen LogP contribution is -2.13. The number of hydrogen-bond donors (Lipinski definition) is 1. The highest BCUT2D eigenvalue weighted by Crippen LogP contribution is 2.25. The van der Waals surface area contributed by atoms with Gasteiger partial charge in [0.2, 0.25) is 0 Å². The maximum atomic E-state index is 13.4. The summed E-state index contributed by atoms with van der Waals surface area (Å²) >= 11 is 8.83. The molecule has 0 aliphatic carbocycles. The normalized spacial score (nSPS) is 11.3. The van der Waals surface area contributed by atoms with Crippen LogP contribution in [0, 0.1) is 5.82 Å². The van der Waals surface area contributed by atoms with Crippen molar-refractivity contribution >= 4 is 43.2 Å². The third kappa shape index (κ3) is 3.26. The summed E-state index contributed by atoms with van der Waals surface area (Å²) in [5.41, 5.74) is 0.243. The number of anilines is 1. The van der Waals surface area contributed by atoms with E-state index in [-0.39, 0.29) is 20.1 Å². The van der Waals surface area contributed by atoms with Crippen LogP contribution >= 0.6 is 27.5 Å². The van der Waals surface area contributed by atoms with Gasteiger partial charge in [0.1, 0.15) is 5.82 Å². The number of nitrogens with one attached hydrogen (secondary N) is 1. The van der Waals surface area contributed by atoms with Crippen LogP contribution in [0.2, 0.25) is 5.02 Å². The van der Waals surface area contributed by atoms with Crippen molar-refractivity contribution in [3.8, 4) is 0 Å². The van der Waals surface area contributed by atoms with Crippen LogP contribution in [0.3, 0.4) is 0 Å². The van der Waals surface area contributed by atoms with Crippen LogP contribution < -0.4 is 4.72 Å². The molecule has 2 aromatic rings. The molecule has 0 atom stereocenters. The minimum Gasteiger partial charge on any atom is -0.278 e. The van der Waals surface area contributed by atoms with E-state index in [1.54, 1.807) is 18.2 Å². The van der Waals surface area contributed by atoms with E-state index >= 15 is 0 Å². The zero-order chi connectivity index (χ0) is 14.0. The van der Waals surface area contributed by atoms with Crippen LogP contribution in [0.25, 0.3) is 0 Å². The Bertz CT molecular complexity index is 721. The van der Waals surface area contributed by atoms with Gasteiger partial charge in [0, 0.05) is 0 Å². The maximum absolute atomic E-state index is 13.4. The van der Waals surface area contributed by atoms with Crippen LogP contribution in [0.5, 0.6) is 0 Å². The molecule has 100 valence electrons. The minimum absolute atomic E-state index is 0.173. The largest absolute Gasteiger partial charge is 0.278 e. The molecule has 0 aromatic heterocycles. The fraction of sp³-hybridized carbons (Fsp3) is 0. The Balaban J connectivity index is 2.38. The smallest absolute Gasteiger partial charge is 0.262 e. The molecular weight excluding hydrogens is 357 g/mol. The Morgan fingerprint density at radius 1 is 1.16 bits per heavy atom. The first-order valence-electron chi connectivity index (χ1n) is 5.12. The fourth-order valence-electron chi connectivity index (χ4n) is 1.39. The van der Waals surface area contributed by atoms with E-state index in [4.69, 9.17) is 11.6 Å². The van der Waals surface area contributed by atoms with Gasteiger partial charge in [-0.05, 0) is 46.3 Å². The Labute approximate surface area is 123 Å². The Morgan fingerprint density at radius 3 is 2.47 bits per heavy atom. The minimum atomic E-state index is -3.87. The molecule has 3 nitrogen and oxygen atoms in total. The molecule has 0 saturated carbocycles. The van der Waals surface area contributed by atoms with Gasteiger partial charge in [-0.25, -0.2) is 12.8 Å². The summed E-state index contributed by atoms with van der Waals surface area (Å²) < 4.78 is 40.0. The monoisotopic (exact) mass is 363 g/mol. The number of benzene rings is 2. The van der Waals surface area contributed by atoms with Gasteiger partial charge in [-0.1, -0.05) is 23.7 Å². The van der Waals surface area contributed by atoms with Gasteiger partial charge in [0.15, 0.2) is 0 Å². The van der Waals surface area contributed by atoms with Gasteiger partial charge in [-0.3, -0.25) is 4.72 Å². The van der Waals surface area contributed by atoms with Gasteiger partial charge >= 0.3 is 0 Å². The number of halogens is 3. The fourth-order valence-corrected chi connectivity index (χ4v) is 2.97. The summed E-state index contributed by atoms with van der Waals surface area (Å²) in [6, 6.07) is 9.97. The summed E-state index contributed by atoms with van der Waals surface area (Å²) in [4.78, 5) is -0.173. The number of para-hydroxylation sites is 1. The predicted octanol–water partition coefficient (Wildman–Crippen LogP) is 4.04. The molecular formula is C12H8BrClFNO2S. The second kappa shape index (κ2) is 5.48. The number of sulfonamides is 1. The lowest BCUT2D eigenvalue weighted by atomic mass is 10.3. The van der Waals surface area contributed by atoms with Crippen molar-refractivity contribution in [1.82, 2.24) is 0 Å². The maximum Gasteiger partial charge on any atom is 0.262 e. The second-order valence-electron chi connectivity index (χ2n) is 3.66. The Hall–Kier alpha value is -1.11. The zero-order valence-corrected chi connectivity index (χ0v) is 12.6. The first kappa shape index (κ1) is 14.3. The van der Waals surface area contributed by atoms with Crippen LogP contribution in [0.15, 0.2) is 51.8 Å². The Kier molecular flexibility index (Phi) is 4.13. The van der Waals surface area contributed by atoms with Gasteiger partial charge < -0.3 is 0 Å². The van der Waals surface area contributed by atoms with E-state index in [2.05, 4.69) is 20.7 Å². The van der Waals surface area contributed by atoms with Crippen LogP contribution in [0.1, 0.15) is 0 Å². The number of hydrogen-bond acceptors (Lipinski definition) is 2. The highest BCUT2D eigenvalue weighted by molar-refractivity contribution is 9.10. The summed E-state index contributed by atoms with van der Waals surface area (Å²) in [6.45, 7) is 0. The third-order valence-electron chi connectivity index (χ3n) is 2.32. The van der Waals surface area contributed by atoms with Crippen LogP contribution in [0.4, 0.5) is 10.1 Å². The Morgan fingerprint density at radius 2 is 1.84 bits per heavy atom. The van der Waals surface area contributed by atoms with E-state index in [1.807, 2.05) is 0 Å². The molecule has 7 heteroatoms. The van der Waals surface area contributed by atoms with Crippen molar-refractivity contribution in [2.45, 2.75) is 4.90 Å². The SMILES string of the molecule is O=S(=O)(Nc1ccccc1Cl)c1ccc(Br)c(F)c1. The summed E-state index contributed by atoms with van der Waals surface area (Å²) in [6.07, 6.45) is 0. The van der Waals surface area contributed by atoms with E-state index in [1.165, 1.54) is 18.2 Å². The second-order valence-corrected chi connectivity index (χ2v) is 6.61. The average molecular weight is 365 g/mol. The van der Waals surface area contributed by atoms with E-state index < -0.39 is 15.8 Å². The van der Waals surface area contributed by atoms with Gasteiger partial charge in [0.25, 0.3) is 10.0 Å². The lowest BCUT2D eigenvalue weighted by molar-refractivity contribution is 0.593. The molecule has 0 heterocycles. The highest BCUT2D eigenvalue weighted by Gasteiger charge is 2.17. The van der Waals surface area contributed by atoms with Gasteiger partial charge in [-0.15, -0.1) is 0 Å². The molecule has 0 saturated heterocycles. The molecule has 0 unspecified atom stereocenters. The van der Waals surface area contributed by atoms with Crippen molar-refractivity contribution < 1.29 is 12.8 Å². The topological polar surface area (TPSA) is 46.2 Å². The molecule has 0 spiro atoms. The molecule has 0 fully saturated rings. The quantitative estimate of drug-likeness (QED) is 0.893. The van der Waals surface area contributed by atoms with Crippen molar-refractivity contribution in [3.05, 3.63) is 57.8 Å². The molecule has 0 aliphatic heterocycles. The van der Waals surface area contributed by atoms with E-state index in [0.717, 1.165) is 6.07 Å². The van der Waals surface area contributed by atoms with Crippen molar-refractivity contribution in [3.63, 3.8) is 0 Å². The van der Waals surface area contributed by atoms with Crippen molar-refractivity contribution in [2.24, 2.45) is 0 Å². The summed E-state index contributed by atoms with van der Waals surface area (Å²) in [7, 11) is -3.87. The molecule has 0 radical (unpaired) electrons. The third-order valence-corrected chi connectivity index (χ3v) is 4.66. The van der Waals surface area contributed by atoms with Crippen molar-refractivity contribution in [1.29, 1.82) is 0 Å². The molecule has 0 aliphatic rings. The van der Waals surface area contributed by atoms with Crippen molar-refractivity contribution in [2.75, 3.05) is 4.72 Å². The lowest BCUT2D eigenvalue weighted by Gasteiger charge is -2.09. The molecule has 0 amide bonds. The van der Waals surface area contributed by atoms with Gasteiger partial charge in [-0.2, -0.15) is 0 Å². The zero-order valence-electron chi connectivity index (χ0n) is 9.40. The molecule has 19 heavy (non-hydrogen) atoms. The van der Waals surface area contributed by atoms with Crippen LogP contribution in [-0.4, -0.2) is 8.42 Å². The standard InChI is InChI=1S/C12H8BrClFNO2S/c13-9-6-5-8(7-11(9)15)19(17,18)16-12-4-2-1-3-10(12)14/h1-7,16H. The van der Waals surface area contributed by atoms with E-state index in [9.17, 15) is 12.8 Å². The summed E-state index contributed by atoms with van der Waals surface area (Å²) in [5.74, 6) is -0.651. The molecule has 1 N–H and O–H groups in total. The first-order valence-corrected chi connectivity index (χ1v) is 7.78. The van der Waals surface area contributed by atoms with Gasteiger partial charge in [0.05, 0.1) is 20.1 Å². The first-order chi connectivity index (χ1) is 8.90. The average Bonchev–Trinajstić information content (AvgIpc) is 2.35. The summed E-state index contributed by atoms with van der Waals surface area (Å²) in [5, 5.41) is 0.267. The molecule has 0 bridgehead atoms. The number of rotatable bonds is 3. The van der Waals surface area contributed by atoms with Crippen LogP contribution in [-0.2, 0) is 10.0 Å². The van der Waals surface area contributed by atoms with E-state index in [0.29, 0.717) is 0 Å². The molecule has 2 aromatic carbocycles. The highest BCUT2D eigenvalue weighted by atomic mass is 79.9.